The summed E-state index contributed by atoms with van der Waals surface area (Å²) in [6.07, 6.45) is 1.69. The molecule has 2 aromatic carbocycles. The van der Waals surface area contributed by atoms with Crippen molar-refractivity contribution in [2.45, 2.75) is 31.7 Å². The first kappa shape index (κ1) is 16.2. The van der Waals surface area contributed by atoms with E-state index in [-0.39, 0.29) is 6.04 Å². The number of hydrogen-bond donors (Lipinski definition) is 1. The molecule has 124 valence electrons. The van der Waals surface area contributed by atoms with Crippen molar-refractivity contribution < 1.29 is 9.59 Å². The van der Waals surface area contributed by atoms with Gasteiger partial charge in [0.05, 0.1) is 0 Å². The van der Waals surface area contributed by atoms with Crippen LogP contribution < -0.4 is 10.2 Å². The topological polar surface area (TPSA) is 49.4 Å². The Morgan fingerprint density at radius 1 is 1.04 bits per heavy atom. The molecule has 4 heteroatoms. The number of anilines is 1. The van der Waals surface area contributed by atoms with Gasteiger partial charge in [0.25, 0.3) is 0 Å². The number of carbonyl (C=O) groups excluding carboxylic acids is 2. The monoisotopic (exact) mass is 322 g/mol. The van der Waals surface area contributed by atoms with Crippen LogP contribution in [-0.2, 0) is 9.59 Å². The van der Waals surface area contributed by atoms with Crippen LogP contribution in [0.3, 0.4) is 0 Å². The standard InChI is InChI=1S/C20H22N2O2/c1-2-13-22(16-11-7-4-8-12-16)20(24)19(23)21-18-14-17(18)15-9-5-3-6-10-15/h3-12,17-18H,2,13-14H2,1H3,(H,21,23)/t17-,18?/m1/s1. The number of hydrogen-bond acceptors (Lipinski definition) is 2. The highest BCUT2D eigenvalue weighted by molar-refractivity contribution is 6.40. The molecule has 2 amide bonds. The van der Waals surface area contributed by atoms with Crippen LogP contribution in [0.25, 0.3) is 0 Å². The Morgan fingerprint density at radius 2 is 1.67 bits per heavy atom. The van der Waals surface area contributed by atoms with Gasteiger partial charge in [-0.2, -0.15) is 0 Å². The maximum Gasteiger partial charge on any atom is 0.316 e. The molecule has 1 unspecified atom stereocenters. The molecule has 0 spiro atoms. The van der Waals surface area contributed by atoms with Gasteiger partial charge in [0.15, 0.2) is 0 Å². The third-order valence-corrected chi connectivity index (χ3v) is 4.29. The van der Waals surface area contributed by atoms with Gasteiger partial charge in [0.1, 0.15) is 0 Å². The second-order valence-corrected chi connectivity index (χ2v) is 6.13. The van der Waals surface area contributed by atoms with Gasteiger partial charge in [-0.1, -0.05) is 55.5 Å². The first-order valence-corrected chi connectivity index (χ1v) is 8.43. The molecule has 2 aromatic rings. The second kappa shape index (κ2) is 7.30. The second-order valence-electron chi connectivity index (χ2n) is 6.13. The summed E-state index contributed by atoms with van der Waals surface area (Å²) in [5.74, 6) is -0.684. The largest absolute Gasteiger partial charge is 0.344 e. The molecule has 0 radical (unpaired) electrons. The number of rotatable bonds is 5. The minimum absolute atomic E-state index is 0.0584. The van der Waals surface area contributed by atoms with Crippen LogP contribution in [0.2, 0.25) is 0 Å². The van der Waals surface area contributed by atoms with Gasteiger partial charge in [-0.15, -0.1) is 0 Å². The Hall–Kier alpha value is -2.62. The molecule has 0 bridgehead atoms. The van der Waals surface area contributed by atoms with Gasteiger partial charge in [-0.25, -0.2) is 0 Å². The molecular weight excluding hydrogens is 300 g/mol. The Balaban J connectivity index is 1.63. The van der Waals surface area contributed by atoms with Crippen molar-refractivity contribution in [2.24, 2.45) is 0 Å². The smallest absolute Gasteiger partial charge is 0.316 e. The van der Waals surface area contributed by atoms with E-state index >= 15 is 0 Å². The lowest BCUT2D eigenvalue weighted by Gasteiger charge is -2.21. The van der Waals surface area contributed by atoms with Crippen molar-refractivity contribution >= 4 is 17.5 Å². The highest BCUT2D eigenvalue weighted by Crippen LogP contribution is 2.40. The number of carbonyl (C=O) groups is 2. The summed E-state index contributed by atoms with van der Waals surface area (Å²) in [5.41, 5.74) is 1.97. The predicted octanol–water partition coefficient (Wildman–Crippen LogP) is 3.10. The molecule has 1 aliphatic rings. The minimum atomic E-state index is -0.518. The third-order valence-electron chi connectivity index (χ3n) is 4.29. The van der Waals surface area contributed by atoms with Crippen molar-refractivity contribution in [1.29, 1.82) is 0 Å². The maximum absolute atomic E-state index is 12.6. The van der Waals surface area contributed by atoms with Gasteiger partial charge in [0, 0.05) is 24.2 Å². The van der Waals surface area contributed by atoms with E-state index in [1.165, 1.54) is 5.56 Å². The summed E-state index contributed by atoms with van der Waals surface area (Å²) >= 11 is 0. The van der Waals surface area contributed by atoms with E-state index in [9.17, 15) is 9.59 Å². The van der Waals surface area contributed by atoms with E-state index in [1.807, 2.05) is 55.5 Å². The summed E-state index contributed by atoms with van der Waals surface area (Å²) in [7, 11) is 0. The molecule has 4 nitrogen and oxygen atoms in total. The fraction of sp³-hybridized carbons (Fsp3) is 0.300. The Labute approximate surface area is 142 Å². The van der Waals surface area contributed by atoms with Crippen LogP contribution in [0.4, 0.5) is 5.69 Å². The molecule has 1 aliphatic carbocycles. The van der Waals surface area contributed by atoms with Crippen molar-refractivity contribution in [2.75, 3.05) is 11.4 Å². The molecule has 0 aliphatic heterocycles. The molecule has 24 heavy (non-hydrogen) atoms. The molecule has 2 atom stereocenters. The average molecular weight is 322 g/mol. The maximum atomic E-state index is 12.6. The first-order valence-electron chi connectivity index (χ1n) is 8.43. The van der Waals surface area contributed by atoms with Crippen LogP contribution in [0.5, 0.6) is 0 Å². The van der Waals surface area contributed by atoms with Crippen LogP contribution in [-0.4, -0.2) is 24.4 Å². The van der Waals surface area contributed by atoms with E-state index < -0.39 is 11.8 Å². The summed E-state index contributed by atoms with van der Waals surface area (Å²) < 4.78 is 0. The van der Waals surface area contributed by atoms with Crippen molar-refractivity contribution in [3.8, 4) is 0 Å². The quantitative estimate of drug-likeness (QED) is 0.860. The third kappa shape index (κ3) is 3.65. The number of nitrogens with zero attached hydrogens (tertiary/aromatic N) is 1. The van der Waals surface area contributed by atoms with Crippen LogP contribution in [0.15, 0.2) is 60.7 Å². The fourth-order valence-corrected chi connectivity index (χ4v) is 2.96. The zero-order valence-corrected chi connectivity index (χ0v) is 13.8. The molecular formula is C20H22N2O2. The summed E-state index contributed by atoms with van der Waals surface area (Å²) in [4.78, 5) is 26.5. The fourth-order valence-electron chi connectivity index (χ4n) is 2.96. The van der Waals surface area contributed by atoms with Crippen molar-refractivity contribution in [1.82, 2.24) is 5.32 Å². The average Bonchev–Trinajstić information content (AvgIpc) is 3.39. The van der Waals surface area contributed by atoms with E-state index in [4.69, 9.17) is 0 Å². The SMILES string of the molecule is CCCN(C(=O)C(=O)NC1C[C@@H]1c1ccccc1)c1ccccc1. The van der Waals surface area contributed by atoms with E-state index in [0.717, 1.165) is 18.5 Å². The van der Waals surface area contributed by atoms with Gasteiger partial charge < -0.3 is 10.2 Å². The summed E-state index contributed by atoms with van der Waals surface area (Å²) in [6, 6.07) is 19.5. The van der Waals surface area contributed by atoms with Gasteiger partial charge in [0.2, 0.25) is 0 Å². The number of amides is 2. The van der Waals surface area contributed by atoms with Crippen LogP contribution in [0.1, 0.15) is 31.2 Å². The lowest BCUT2D eigenvalue weighted by atomic mass is 10.1. The zero-order chi connectivity index (χ0) is 16.9. The molecule has 0 saturated heterocycles. The van der Waals surface area contributed by atoms with Gasteiger partial charge in [-0.3, -0.25) is 9.59 Å². The molecule has 1 fully saturated rings. The van der Waals surface area contributed by atoms with Crippen molar-refractivity contribution in [3.63, 3.8) is 0 Å². The lowest BCUT2D eigenvalue weighted by molar-refractivity contribution is -0.137. The van der Waals surface area contributed by atoms with Crippen molar-refractivity contribution in [3.05, 3.63) is 66.2 Å². The molecule has 1 saturated carbocycles. The normalized spacial score (nSPS) is 18.7. The Kier molecular flexibility index (Phi) is 4.94. The number of para-hydroxylation sites is 1. The Bertz CT molecular complexity index is 700. The number of nitrogens with one attached hydrogen (secondary N) is 1. The van der Waals surface area contributed by atoms with Crippen LogP contribution in [0, 0.1) is 0 Å². The van der Waals surface area contributed by atoms with E-state index in [1.54, 1.807) is 4.90 Å². The molecule has 1 N–H and O–H groups in total. The van der Waals surface area contributed by atoms with Gasteiger partial charge in [-0.05, 0) is 30.5 Å². The molecule has 3 rings (SSSR count). The number of benzene rings is 2. The highest BCUT2D eigenvalue weighted by Gasteiger charge is 2.40. The lowest BCUT2D eigenvalue weighted by Crippen LogP contribution is -2.44. The van der Waals surface area contributed by atoms with Gasteiger partial charge >= 0.3 is 11.8 Å². The van der Waals surface area contributed by atoms with E-state index in [0.29, 0.717) is 12.5 Å². The summed E-state index contributed by atoms with van der Waals surface area (Å²) in [6.45, 7) is 2.52. The minimum Gasteiger partial charge on any atom is -0.344 e. The Morgan fingerprint density at radius 3 is 2.29 bits per heavy atom. The highest BCUT2D eigenvalue weighted by atomic mass is 16.2. The van der Waals surface area contributed by atoms with E-state index in [2.05, 4.69) is 17.4 Å². The zero-order valence-electron chi connectivity index (χ0n) is 13.8. The first-order chi connectivity index (χ1) is 11.7. The van der Waals surface area contributed by atoms with Crippen LogP contribution >= 0.6 is 0 Å². The molecule has 0 aromatic heterocycles. The summed E-state index contributed by atoms with van der Waals surface area (Å²) in [5, 5.41) is 2.88. The molecule has 0 heterocycles. The predicted molar refractivity (Wildman–Crippen MR) is 94.8 cm³/mol.